The summed E-state index contributed by atoms with van der Waals surface area (Å²) in [6.45, 7) is 7.26. The van der Waals surface area contributed by atoms with E-state index in [9.17, 15) is 0 Å². The van der Waals surface area contributed by atoms with E-state index in [2.05, 4.69) is 17.6 Å². The Morgan fingerprint density at radius 3 is 2.54 bits per heavy atom. The van der Waals surface area contributed by atoms with Gasteiger partial charge in [-0.15, -0.1) is 0 Å². The number of fused-ring (bicyclic) bond motifs is 2. The summed E-state index contributed by atoms with van der Waals surface area (Å²) in [5, 5.41) is 7.19. The van der Waals surface area contributed by atoms with Crippen LogP contribution in [0.2, 0.25) is 0 Å². The Balaban J connectivity index is 1.93. The zero-order valence-corrected chi connectivity index (χ0v) is 8.73. The Morgan fingerprint density at radius 1 is 1.23 bits per heavy atom. The Labute approximate surface area is 81.5 Å². The lowest BCUT2D eigenvalue weighted by atomic mass is 9.70. The Kier molecular flexibility index (Phi) is 2.89. The first-order valence-corrected chi connectivity index (χ1v) is 5.76. The fourth-order valence-electron chi connectivity index (χ4n) is 2.95. The van der Waals surface area contributed by atoms with E-state index in [1.165, 1.54) is 51.9 Å². The standard InChI is InChI=1S/C11H22N2/c1-2-3-4-11-5-10(6-12-8-11)7-13-9-11/h10,12-13H,2-9H2,1H3. The number of hydrogen-bond donors (Lipinski definition) is 2. The van der Waals surface area contributed by atoms with E-state index < -0.39 is 0 Å². The molecule has 2 rings (SSSR count). The first-order valence-electron chi connectivity index (χ1n) is 5.76. The molecule has 0 aliphatic carbocycles. The second-order valence-corrected chi connectivity index (χ2v) is 4.94. The normalized spacial score (nSPS) is 39.0. The quantitative estimate of drug-likeness (QED) is 0.689. The fourth-order valence-corrected chi connectivity index (χ4v) is 2.95. The number of nitrogens with one attached hydrogen (secondary N) is 2. The molecule has 13 heavy (non-hydrogen) atoms. The third-order valence-electron chi connectivity index (χ3n) is 3.65. The van der Waals surface area contributed by atoms with Crippen LogP contribution in [-0.4, -0.2) is 26.2 Å². The van der Waals surface area contributed by atoms with Crippen molar-refractivity contribution in [3.63, 3.8) is 0 Å². The van der Waals surface area contributed by atoms with Gasteiger partial charge < -0.3 is 10.6 Å². The van der Waals surface area contributed by atoms with Crippen LogP contribution in [0.1, 0.15) is 32.6 Å². The van der Waals surface area contributed by atoms with Gasteiger partial charge in [0.25, 0.3) is 0 Å². The molecule has 0 aromatic heterocycles. The van der Waals surface area contributed by atoms with Crippen molar-refractivity contribution in [3.8, 4) is 0 Å². The largest absolute Gasteiger partial charge is 0.316 e. The van der Waals surface area contributed by atoms with E-state index in [0.717, 1.165) is 5.92 Å². The number of piperidine rings is 2. The van der Waals surface area contributed by atoms with Crippen molar-refractivity contribution in [1.82, 2.24) is 10.6 Å². The molecule has 0 atom stereocenters. The average molecular weight is 182 g/mol. The molecule has 2 aliphatic heterocycles. The molecule has 0 aromatic carbocycles. The van der Waals surface area contributed by atoms with Crippen LogP contribution in [0.15, 0.2) is 0 Å². The van der Waals surface area contributed by atoms with E-state index in [4.69, 9.17) is 0 Å². The predicted molar refractivity (Wildman–Crippen MR) is 55.8 cm³/mol. The molecule has 2 aliphatic rings. The molecular weight excluding hydrogens is 160 g/mol. The first-order chi connectivity index (χ1) is 6.35. The molecule has 2 heteroatoms. The van der Waals surface area contributed by atoms with E-state index in [-0.39, 0.29) is 0 Å². The Hall–Kier alpha value is -0.0800. The minimum atomic E-state index is 0.608. The minimum Gasteiger partial charge on any atom is -0.316 e. The van der Waals surface area contributed by atoms with Crippen molar-refractivity contribution in [2.24, 2.45) is 11.3 Å². The summed E-state index contributed by atoms with van der Waals surface area (Å²) in [6, 6.07) is 0. The zero-order chi connectivity index (χ0) is 9.15. The molecule has 0 aromatic rings. The molecule has 2 N–H and O–H groups in total. The van der Waals surface area contributed by atoms with Crippen LogP contribution in [-0.2, 0) is 0 Å². The van der Waals surface area contributed by atoms with Crippen molar-refractivity contribution >= 4 is 0 Å². The third kappa shape index (κ3) is 2.05. The van der Waals surface area contributed by atoms with Gasteiger partial charge in [-0.1, -0.05) is 19.8 Å². The molecule has 0 unspecified atom stereocenters. The highest BCUT2D eigenvalue weighted by Gasteiger charge is 2.38. The van der Waals surface area contributed by atoms with Crippen molar-refractivity contribution in [1.29, 1.82) is 0 Å². The zero-order valence-electron chi connectivity index (χ0n) is 8.73. The highest BCUT2D eigenvalue weighted by Crippen LogP contribution is 2.36. The van der Waals surface area contributed by atoms with Gasteiger partial charge in [0.05, 0.1) is 0 Å². The maximum Gasteiger partial charge on any atom is 0.00202 e. The lowest BCUT2D eigenvalue weighted by molar-refractivity contribution is 0.0998. The van der Waals surface area contributed by atoms with Crippen molar-refractivity contribution < 1.29 is 0 Å². The second-order valence-electron chi connectivity index (χ2n) is 4.94. The van der Waals surface area contributed by atoms with Crippen molar-refractivity contribution in [3.05, 3.63) is 0 Å². The fraction of sp³-hybridized carbons (Fsp3) is 1.00. The van der Waals surface area contributed by atoms with E-state index in [0.29, 0.717) is 5.41 Å². The van der Waals surface area contributed by atoms with Crippen LogP contribution < -0.4 is 10.6 Å². The molecule has 2 saturated heterocycles. The summed E-state index contributed by atoms with van der Waals surface area (Å²) in [6.07, 6.45) is 5.62. The van der Waals surface area contributed by atoms with E-state index in [1.54, 1.807) is 0 Å². The smallest absolute Gasteiger partial charge is 0.00202 e. The molecule has 2 fully saturated rings. The van der Waals surface area contributed by atoms with Crippen LogP contribution in [0, 0.1) is 11.3 Å². The summed E-state index contributed by atoms with van der Waals surface area (Å²) < 4.78 is 0. The average Bonchev–Trinajstić information content (AvgIpc) is 2.15. The van der Waals surface area contributed by atoms with Gasteiger partial charge in [0.2, 0.25) is 0 Å². The van der Waals surface area contributed by atoms with E-state index in [1.807, 2.05) is 0 Å². The van der Waals surface area contributed by atoms with Gasteiger partial charge in [0.1, 0.15) is 0 Å². The maximum atomic E-state index is 3.60. The van der Waals surface area contributed by atoms with Gasteiger partial charge in [-0.2, -0.15) is 0 Å². The Bertz CT molecular complexity index is 157. The van der Waals surface area contributed by atoms with Gasteiger partial charge in [0.15, 0.2) is 0 Å². The van der Waals surface area contributed by atoms with Crippen LogP contribution >= 0.6 is 0 Å². The second kappa shape index (κ2) is 3.97. The van der Waals surface area contributed by atoms with Gasteiger partial charge in [-0.25, -0.2) is 0 Å². The van der Waals surface area contributed by atoms with Crippen LogP contribution in [0.4, 0.5) is 0 Å². The minimum absolute atomic E-state index is 0.608. The first kappa shape index (κ1) is 9.47. The molecular formula is C11H22N2. The predicted octanol–water partition coefficient (Wildman–Crippen LogP) is 1.38. The highest BCUT2D eigenvalue weighted by molar-refractivity contribution is 4.94. The van der Waals surface area contributed by atoms with Crippen LogP contribution in [0.3, 0.4) is 0 Å². The highest BCUT2D eigenvalue weighted by atomic mass is 15.0. The topological polar surface area (TPSA) is 24.1 Å². The SMILES string of the molecule is CCCCC12CNCC(CNC1)C2. The summed E-state index contributed by atoms with van der Waals surface area (Å²) in [4.78, 5) is 0. The van der Waals surface area contributed by atoms with Crippen molar-refractivity contribution in [2.45, 2.75) is 32.6 Å². The molecule has 0 saturated carbocycles. The van der Waals surface area contributed by atoms with Gasteiger partial charge in [0, 0.05) is 13.1 Å². The van der Waals surface area contributed by atoms with Crippen LogP contribution in [0.5, 0.6) is 0 Å². The number of unbranched alkanes of at least 4 members (excludes halogenated alkanes) is 1. The van der Waals surface area contributed by atoms with Gasteiger partial charge in [-0.05, 0) is 37.3 Å². The molecule has 2 heterocycles. The number of hydrogen-bond acceptors (Lipinski definition) is 2. The summed E-state index contributed by atoms with van der Waals surface area (Å²) in [5.41, 5.74) is 0.608. The van der Waals surface area contributed by atoms with Crippen LogP contribution in [0.25, 0.3) is 0 Å². The molecule has 0 amide bonds. The molecule has 2 bridgehead atoms. The molecule has 76 valence electrons. The van der Waals surface area contributed by atoms with Crippen molar-refractivity contribution in [2.75, 3.05) is 26.2 Å². The summed E-state index contributed by atoms with van der Waals surface area (Å²) in [5.74, 6) is 0.902. The molecule has 2 nitrogen and oxygen atoms in total. The lowest BCUT2D eigenvalue weighted by Crippen LogP contribution is -2.56. The van der Waals surface area contributed by atoms with Gasteiger partial charge in [-0.3, -0.25) is 0 Å². The summed E-state index contributed by atoms with van der Waals surface area (Å²) >= 11 is 0. The van der Waals surface area contributed by atoms with E-state index >= 15 is 0 Å². The molecule has 0 spiro atoms. The summed E-state index contributed by atoms with van der Waals surface area (Å²) in [7, 11) is 0. The monoisotopic (exact) mass is 182 g/mol. The number of rotatable bonds is 3. The lowest BCUT2D eigenvalue weighted by Gasteiger charge is -2.46. The Morgan fingerprint density at radius 2 is 1.92 bits per heavy atom. The molecule has 0 radical (unpaired) electrons. The third-order valence-corrected chi connectivity index (χ3v) is 3.65. The maximum absolute atomic E-state index is 3.60. The van der Waals surface area contributed by atoms with Gasteiger partial charge >= 0.3 is 0 Å².